The monoisotopic (exact) mass is 418 g/mol. The normalized spacial score (nSPS) is 18.5. The number of rotatable bonds is 3. The predicted octanol–water partition coefficient (Wildman–Crippen LogP) is 4.31. The molecule has 2 heterocycles. The summed E-state index contributed by atoms with van der Waals surface area (Å²) in [6.45, 7) is 8.27. The molecule has 1 aliphatic heterocycles. The van der Waals surface area contributed by atoms with Crippen molar-refractivity contribution in [2.24, 2.45) is 4.99 Å². The van der Waals surface area contributed by atoms with Gasteiger partial charge in [0.05, 0.1) is 16.7 Å². The summed E-state index contributed by atoms with van der Waals surface area (Å²) in [6, 6.07) is 16.5. The number of aryl methyl sites for hydroxylation is 1. The zero-order valence-electron chi connectivity index (χ0n) is 15.2. The van der Waals surface area contributed by atoms with E-state index in [1.54, 1.807) is 0 Å². The van der Waals surface area contributed by atoms with E-state index in [9.17, 15) is 0 Å². The Morgan fingerprint density at radius 2 is 1.77 bits per heavy atom. The molecule has 5 heteroatoms. The molecule has 2 aromatic carbocycles. The van der Waals surface area contributed by atoms with Crippen molar-refractivity contribution < 1.29 is 32.7 Å². The molecule has 0 saturated carbocycles. The van der Waals surface area contributed by atoms with Crippen molar-refractivity contribution in [1.82, 2.24) is 9.97 Å². The van der Waals surface area contributed by atoms with E-state index in [1.165, 1.54) is 5.56 Å². The average molecular weight is 418 g/mol. The molecule has 1 atom stereocenters. The topological polar surface area (TPSA) is 50.2 Å². The molecule has 4 nitrogen and oxygen atoms in total. The van der Waals surface area contributed by atoms with E-state index in [4.69, 9.17) is 9.98 Å². The third-order valence-corrected chi connectivity index (χ3v) is 4.72. The van der Waals surface area contributed by atoms with Crippen LogP contribution in [0, 0.1) is 6.92 Å². The van der Waals surface area contributed by atoms with Gasteiger partial charge in [0, 0.05) is 62.2 Å². The molecule has 3 aromatic rings. The summed E-state index contributed by atoms with van der Waals surface area (Å²) in [5.41, 5.74) is 3.87. The summed E-state index contributed by atoms with van der Waals surface area (Å²) in [6.07, 6.45) is 1.53. The fourth-order valence-electron chi connectivity index (χ4n) is 3.55. The zero-order valence-corrected chi connectivity index (χ0v) is 18.0. The number of para-hydroxylation sites is 2. The van der Waals surface area contributed by atoms with E-state index in [0.29, 0.717) is 12.3 Å². The molecule has 4 rings (SSSR count). The molecule has 0 bridgehead atoms. The first kappa shape index (κ1) is 19.0. The van der Waals surface area contributed by atoms with Gasteiger partial charge in [0.15, 0.2) is 0 Å². The summed E-state index contributed by atoms with van der Waals surface area (Å²) < 4.78 is 0. The van der Waals surface area contributed by atoms with Crippen molar-refractivity contribution in [2.75, 3.05) is 5.32 Å². The molecule has 0 aliphatic carbocycles. The second-order valence-corrected chi connectivity index (χ2v) is 6.64. The summed E-state index contributed by atoms with van der Waals surface area (Å²) in [4.78, 5) is 14.3. The van der Waals surface area contributed by atoms with E-state index in [1.807, 2.05) is 18.2 Å². The molecular weight excluding hydrogens is 397 g/mol. The van der Waals surface area contributed by atoms with Gasteiger partial charge >= 0.3 is 0 Å². The third kappa shape index (κ3) is 3.40. The van der Waals surface area contributed by atoms with Crippen molar-refractivity contribution in [2.45, 2.75) is 32.2 Å². The van der Waals surface area contributed by atoms with Gasteiger partial charge in [0.25, 0.3) is 0 Å². The Balaban J connectivity index is 0.00000196. The fourth-order valence-corrected chi connectivity index (χ4v) is 3.55. The number of hydrogen-bond acceptors (Lipinski definition) is 4. The molecule has 1 aromatic heterocycles. The SMILES string of the molecule is [CH2-]C1=NC(C)(Cc2nc(CC)nc3ccccc23)c2ccccc2N1.[Y]. The number of anilines is 1. The Morgan fingerprint density at radius 1 is 1.04 bits per heavy atom. The number of aromatic nitrogens is 2. The van der Waals surface area contributed by atoms with Crippen molar-refractivity contribution in [3.05, 3.63) is 72.5 Å². The fraction of sp³-hybridized carbons (Fsp3) is 0.238. The van der Waals surface area contributed by atoms with Crippen LogP contribution >= 0.6 is 0 Å². The van der Waals surface area contributed by atoms with E-state index in [2.05, 4.69) is 61.4 Å². The average Bonchev–Trinajstić information content (AvgIpc) is 2.61. The number of hydrogen-bond donors (Lipinski definition) is 1. The summed E-state index contributed by atoms with van der Waals surface area (Å²) >= 11 is 0. The molecule has 0 spiro atoms. The summed E-state index contributed by atoms with van der Waals surface area (Å²) in [7, 11) is 0. The van der Waals surface area contributed by atoms with E-state index < -0.39 is 5.54 Å². The quantitative estimate of drug-likeness (QED) is 0.646. The van der Waals surface area contributed by atoms with Crippen LogP contribution in [0.3, 0.4) is 0 Å². The minimum atomic E-state index is -0.402. The van der Waals surface area contributed by atoms with E-state index in [-0.39, 0.29) is 32.7 Å². The Bertz CT molecular complexity index is 983. The Morgan fingerprint density at radius 3 is 2.58 bits per heavy atom. The van der Waals surface area contributed by atoms with Crippen LogP contribution in [0.1, 0.15) is 30.9 Å². The number of fused-ring (bicyclic) bond motifs is 2. The second kappa shape index (κ2) is 7.46. The third-order valence-electron chi connectivity index (χ3n) is 4.72. The molecule has 1 N–H and O–H groups in total. The molecular formula is C21H21N4Y-. The Labute approximate surface area is 179 Å². The van der Waals surface area contributed by atoms with Crippen LogP contribution in [-0.2, 0) is 51.1 Å². The van der Waals surface area contributed by atoms with E-state index >= 15 is 0 Å². The number of benzene rings is 2. The van der Waals surface area contributed by atoms with Gasteiger partial charge in [-0.25, -0.2) is 9.97 Å². The largest absolute Gasteiger partial charge is 0.370 e. The molecule has 26 heavy (non-hydrogen) atoms. The maximum atomic E-state index is 4.85. The first-order chi connectivity index (χ1) is 12.1. The Kier molecular flexibility index (Phi) is 5.45. The van der Waals surface area contributed by atoms with Crippen LogP contribution in [0.15, 0.2) is 53.5 Å². The molecule has 1 aliphatic rings. The van der Waals surface area contributed by atoms with Gasteiger partial charge < -0.3 is 12.2 Å². The van der Waals surface area contributed by atoms with Gasteiger partial charge in [-0.05, 0) is 24.9 Å². The standard InChI is InChI=1S/C21H21N4.Y/c1-4-20-23-17-11-7-5-9-15(17)19(24-20)13-21(3)16-10-6-8-12-18(16)22-14(2)25-21;/h5-12H,2,4,13H2,1,3H3,(H,22,25);/q-1;. The molecule has 0 amide bonds. The van der Waals surface area contributed by atoms with Crippen LogP contribution in [0.5, 0.6) is 0 Å². The van der Waals surface area contributed by atoms with Crippen molar-refractivity contribution in [3.8, 4) is 0 Å². The van der Waals surface area contributed by atoms with Crippen LogP contribution in [0.25, 0.3) is 10.9 Å². The van der Waals surface area contributed by atoms with Gasteiger partial charge in [0.1, 0.15) is 5.82 Å². The van der Waals surface area contributed by atoms with Crippen molar-refractivity contribution in [1.29, 1.82) is 0 Å². The minimum absolute atomic E-state index is 0. The predicted molar refractivity (Wildman–Crippen MR) is 103 cm³/mol. The summed E-state index contributed by atoms with van der Waals surface area (Å²) in [5.74, 6) is 1.56. The first-order valence-corrected chi connectivity index (χ1v) is 8.62. The van der Waals surface area contributed by atoms with Gasteiger partial charge in [-0.2, -0.15) is 0 Å². The Hall–Kier alpha value is -1.78. The van der Waals surface area contributed by atoms with Gasteiger partial charge in [-0.3, -0.25) is 4.99 Å². The molecule has 1 unspecified atom stereocenters. The summed E-state index contributed by atoms with van der Waals surface area (Å²) in [5, 5.41) is 4.36. The smallest absolute Gasteiger partial charge is 0.129 e. The van der Waals surface area contributed by atoms with Gasteiger partial charge in [-0.1, -0.05) is 43.3 Å². The molecule has 0 saturated heterocycles. The molecule has 1 radical (unpaired) electrons. The van der Waals surface area contributed by atoms with Crippen LogP contribution in [0.2, 0.25) is 0 Å². The van der Waals surface area contributed by atoms with E-state index in [0.717, 1.165) is 34.5 Å². The molecule has 129 valence electrons. The first-order valence-electron chi connectivity index (χ1n) is 8.62. The second-order valence-electron chi connectivity index (χ2n) is 6.64. The minimum Gasteiger partial charge on any atom is -0.370 e. The number of nitrogens with zero attached hydrogens (tertiary/aromatic N) is 3. The number of amidine groups is 1. The van der Waals surface area contributed by atoms with Gasteiger partial charge in [-0.15, -0.1) is 0 Å². The van der Waals surface area contributed by atoms with Crippen molar-refractivity contribution in [3.63, 3.8) is 0 Å². The van der Waals surface area contributed by atoms with Crippen LogP contribution in [-0.4, -0.2) is 15.8 Å². The maximum absolute atomic E-state index is 4.85. The van der Waals surface area contributed by atoms with Crippen LogP contribution in [0.4, 0.5) is 5.69 Å². The van der Waals surface area contributed by atoms with Crippen molar-refractivity contribution >= 4 is 22.4 Å². The molecule has 0 fully saturated rings. The zero-order chi connectivity index (χ0) is 17.4. The maximum Gasteiger partial charge on any atom is 0.129 e. The number of nitrogens with one attached hydrogen (secondary N) is 1. The van der Waals surface area contributed by atoms with Gasteiger partial charge in [0.2, 0.25) is 0 Å². The number of aliphatic imine (C=N–C) groups is 1. The van der Waals surface area contributed by atoms with Crippen LogP contribution < -0.4 is 5.32 Å².